The Bertz CT molecular complexity index is 878. The van der Waals surface area contributed by atoms with Crippen LogP contribution in [0.5, 0.6) is 0 Å². The highest BCUT2D eigenvalue weighted by Gasteiger charge is 2.26. The van der Waals surface area contributed by atoms with Crippen molar-refractivity contribution in [3.05, 3.63) is 35.4 Å². The van der Waals surface area contributed by atoms with Crippen LogP contribution in [0.2, 0.25) is 0 Å². The highest BCUT2D eigenvalue weighted by atomic mass is 33.1. The summed E-state index contributed by atoms with van der Waals surface area (Å²) in [5.74, 6) is -1.09. The molecule has 0 saturated heterocycles. The summed E-state index contributed by atoms with van der Waals surface area (Å²) < 4.78 is 5.01. The fraction of sp³-hybridized carbons (Fsp3) is 0.520. The van der Waals surface area contributed by atoms with E-state index in [0.717, 1.165) is 32.7 Å². The number of carbonyl (C=O) groups is 6. The zero-order valence-corrected chi connectivity index (χ0v) is 21.6. The van der Waals surface area contributed by atoms with E-state index < -0.39 is 23.6 Å². The second-order valence-corrected chi connectivity index (χ2v) is 10.4. The second kappa shape index (κ2) is 16.4. The van der Waals surface area contributed by atoms with Gasteiger partial charge in [-0.15, -0.1) is 0 Å². The minimum atomic E-state index is -1.08. The molecular formula is C25H32O7S2. The molecule has 0 spiro atoms. The summed E-state index contributed by atoms with van der Waals surface area (Å²) in [6, 6.07) is 7.31. The van der Waals surface area contributed by atoms with Gasteiger partial charge in [0.1, 0.15) is 24.0 Å². The Morgan fingerprint density at radius 2 is 1.47 bits per heavy atom. The van der Waals surface area contributed by atoms with Gasteiger partial charge in [-0.05, 0) is 37.8 Å². The predicted molar refractivity (Wildman–Crippen MR) is 134 cm³/mol. The number of benzene rings is 1. The molecule has 0 N–H and O–H groups in total. The van der Waals surface area contributed by atoms with Crippen molar-refractivity contribution in [2.75, 3.05) is 12.4 Å². The van der Waals surface area contributed by atoms with E-state index in [1.54, 1.807) is 12.1 Å². The molecule has 186 valence electrons. The molecule has 1 aromatic rings. The molecule has 1 atom stereocenters. The van der Waals surface area contributed by atoms with Crippen LogP contribution in [0, 0.1) is 0 Å². The molecule has 34 heavy (non-hydrogen) atoms. The normalized spacial score (nSPS) is 11.5. The summed E-state index contributed by atoms with van der Waals surface area (Å²) in [4.78, 5) is 70.3. The molecule has 1 aromatic carbocycles. The largest absolute Gasteiger partial charge is 0.456 e. The quantitative estimate of drug-likeness (QED) is 0.165. The van der Waals surface area contributed by atoms with Crippen LogP contribution in [0.25, 0.3) is 0 Å². The summed E-state index contributed by atoms with van der Waals surface area (Å²) in [7, 11) is 2.06. The SMILES string of the molecule is CCC(=O)CCCC(=O)CCc1ccc(CC(=O)COC(=O)C(SSCC(C)=O)C(C)=O)cc1. The molecule has 0 amide bonds. The van der Waals surface area contributed by atoms with Crippen LogP contribution in [-0.2, 0) is 46.3 Å². The Kier molecular flexibility index (Phi) is 14.3. The van der Waals surface area contributed by atoms with Gasteiger partial charge in [-0.1, -0.05) is 52.8 Å². The van der Waals surface area contributed by atoms with Crippen molar-refractivity contribution in [1.29, 1.82) is 0 Å². The van der Waals surface area contributed by atoms with E-state index >= 15 is 0 Å². The Morgan fingerprint density at radius 1 is 0.853 bits per heavy atom. The van der Waals surface area contributed by atoms with Gasteiger partial charge < -0.3 is 4.74 Å². The smallest absolute Gasteiger partial charge is 0.328 e. The lowest BCUT2D eigenvalue weighted by Gasteiger charge is -2.12. The topological polar surface area (TPSA) is 112 Å². The predicted octanol–water partition coefficient (Wildman–Crippen LogP) is 3.92. The highest BCUT2D eigenvalue weighted by Crippen LogP contribution is 2.28. The first-order valence-corrected chi connectivity index (χ1v) is 13.6. The van der Waals surface area contributed by atoms with E-state index in [1.807, 2.05) is 19.1 Å². The Labute approximate surface area is 208 Å². The Hall–Kier alpha value is -2.26. The number of hydrogen-bond donors (Lipinski definition) is 0. The molecule has 0 aliphatic carbocycles. The Balaban J connectivity index is 2.40. The maximum atomic E-state index is 12.2. The van der Waals surface area contributed by atoms with E-state index in [4.69, 9.17) is 4.74 Å². The summed E-state index contributed by atoms with van der Waals surface area (Å²) >= 11 is 0. The number of rotatable bonds is 18. The van der Waals surface area contributed by atoms with E-state index in [9.17, 15) is 28.8 Å². The van der Waals surface area contributed by atoms with E-state index in [2.05, 4.69) is 0 Å². The van der Waals surface area contributed by atoms with Crippen LogP contribution >= 0.6 is 21.6 Å². The van der Waals surface area contributed by atoms with Crippen LogP contribution < -0.4 is 0 Å². The van der Waals surface area contributed by atoms with Crippen LogP contribution in [0.3, 0.4) is 0 Å². The number of aryl methyl sites for hydroxylation is 1. The molecule has 0 saturated carbocycles. The van der Waals surface area contributed by atoms with Crippen LogP contribution in [0.4, 0.5) is 0 Å². The third kappa shape index (κ3) is 12.8. The fourth-order valence-corrected chi connectivity index (χ4v) is 5.26. The number of hydrogen-bond acceptors (Lipinski definition) is 9. The van der Waals surface area contributed by atoms with Crippen molar-refractivity contribution in [3.8, 4) is 0 Å². The van der Waals surface area contributed by atoms with Crippen molar-refractivity contribution in [2.45, 2.75) is 71.0 Å². The van der Waals surface area contributed by atoms with Crippen LogP contribution in [0.1, 0.15) is 64.0 Å². The van der Waals surface area contributed by atoms with Gasteiger partial charge in [0.25, 0.3) is 0 Å². The van der Waals surface area contributed by atoms with Crippen LogP contribution in [-0.4, -0.2) is 52.5 Å². The summed E-state index contributed by atoms with van der Waals surface area (Å²) in [6.07, 6.45) is 3.05. The standard InChI is InChI=1S/C25H32O7S2/c1-4-21(28)6-5-7-22(29)13-12-19-8-10-20(11-9-19)14-23(30)15-32-25(31)24(18(3)27)34-33-16-17(2)26/h8-11,24H,4-7,12-16H2,1-3H3. The zero-order valence-electron chi connectivity index (χ0n) is 19.9. The highest BCUT2D eigenvalue weighted by molar-refractivity contribution is 8.77. The number of esters is 1. The molecule has 1 rings (SSSR count). The minimum Gasteiger partial charge on any atom is -0.456 e. The number of carbonyl (C=O) groups excluding carboxylic acids is 6. The van der Waals surface area contributed by atoms with Gasteiger partial charge in [0, 0.05) is 32.1 Å². The first-order valence-electron chi connectivity index (χ1n) is 11.2. The first kappa shape index (κ1) is 29.8. The molecule has 0 fully saturated rings. The van der Waals surface area contributed by atoms with Gasteiger partial charge in [-0.2, -0.15) is 0 Å². The molecule has 0 aliphatic rings. The van der Waals surface area contributed by atoms with Crippen molar-refractivity contribution in [2.24, 2.45) is 0 Å². The van der Waals surface area contributed by atoms with Crippen molar-refractivity contribution in [1.82, 2.24) is 0 Å². The third-order valence-corrected chi connectivity index (χ3v) is 7.52. The summed E-state index contributed by atoms with van der Waals surface area (Å²) in [5, 5.41) is -1.08. The maximum Gasteiger partial charge on any atom is 0.328 e. The van der Waals surface area contributed by atoms with Gasteiger partial charge >= 0.3 is 5.97 Å². The number of Topliss-reactive ketones (excluding diaryl/α,β-unsaturated/α-hetero) is 5. The molecule has 0 bridgehead atoms. The fourth-order valence-electron chi connectivity index (χ4n) is 2.86. The van der Waals surface area contributed by atoms with Gasteiger partial charge in [-0.25, -0.2) is 0 Å². The molecule has 0 aromatic heterocycles. The third-order valence-electron chi connectivity index (χ3n) is 4.81. The lowest BCUT2D eigenvalue weighted by Crippen LogP contribution is -2.28. The van der Waals surface area contributed by atoms with Crippen molar-refractivity contribution >= 4 is 56.5 Å². The van der Waals surface area contributed by atoms with E-state index in [0.29, 0.717) is 38.5 Å². The lowest BCUT2D eigenvalue weighted by atomic mass is 10.0. The first-order chi connectivity index (χ1) is 16.1. The van der Waals surface area contributed by atoms with Gasteiger partial charge in [0.05, 0.1) is 5.75 Å². The molecule has 7 nitrogen and oxygen atoms in total. The maximum absolute atomic E-state index is 12.2. The monoisotopic (exact) mass is 508 g/mol. The molecule has 0 aliphatic heterocycles. The molecule has 9 heteroatoms. The summed E-state index contributed by atoms with van der Waals surface area (Å²) in [5.41, 5.74) is 1.73. The zero-order chi connectivity index (χ0) is 25.5. The molecule has 1 unspecified atom stereocenters. The summed E-state index contributed by atoms with van der Waals surface area (Å²) in [6.45, 7) is 4.06. The average Bonchev–Trinajstić information content (AvgIpc) is 2.79. The van der Waals surface area contributed by atoms with Crippen LogP contribution in [0.15, 0.2) is 24.3 Å². The molecular weight excluding hydrogens is 476 g/mol. The number of ketones is 5. The van der Waals surface area contributed by atoms with Gasteiger partial charge in [0.2, 0.25) is 0 Å². The second-order valence-electron chi connectivity index (χ2n) is 7.98. The average molecular weight is 509 g/mol. The van der Waals surface area contributed by atoms with E-state index in [-0.39, 0.29) is 35.3 Å². The number of ether oxygens (including phenoxy) is 1. The van der Waals surface area contributed by atoms with Gasteiger partial charge in [-0.3, -0.25) is 28.8 Å². The minimum absolute atomic E-state index is 0.0685. The van der Waals surface area contributed by atoms with Crippen molar-refractivity contribution < 1.29 is 33.5 Å². The lowest BCUT2D eigenvalue weighted by molar-refractivity contribution is -0.148. The molecule has 0 radical (unpaired) electrons. The Morgan fingerprint density at radius 3 is 2.06 bits per heavy atom. The van der Waals surface area contributed by atoms with E-state index in [1.165, 1.54) is 13.8 Å². The van der Waals surface area contributed by atoms with Crippen molar-refractivity contribution in [3.63, 3.8) is 0 Å². The van der Waals surface area contributed by atoms with Gasteiger partial charge in [0.15, 0.2) is 16.8 Å². The molecule has 0 heterocycles.